The third kappa shape index (κ3) is 2.46. The molecular weight excluding hydrogens is 220 g/mol. The molecule has 3 unspecified atom stereocenters. The normalized spacial score (nSPS) is 36.3. The van der Waals surface area contributed by atoms with Gasteiger partial charge in [-0.25, -0.2) is 0 Å². The van der Waals surface area contributed by atoms with Gasteiger partial charge in [0.1, 0.15) is 0 Å². The topological polar surface area (TPSA) is 15.3 Å². The molecule has 0 aromatic carbocycles. The molecule has 106 valence electrons. The Kier molecular flexibility index (Phi) is 4.71. The van der Waals surface area contributed by atoms with Gasteiger partial charge in [-0.3, -0.25) is 4.90 Å². The van der Waals surface area contributed by atoms with Crippen LogP contribution >= 0.6 is 0 Å². The molecule has 0 spiro atoms. The van der Waals surface area contributed by atoms with Crippen LogP contribution in [0.3, 0.4) is 0 Å². The van der Waals surface area contributed by atoms with E-state index < -0.39 is 0 Å². The summed E-state index contributed by atoms with van der Waals surface area (Å²) >= 11 is 0. The Morgan fingerprint density at radius 2 is 1.94 bits per heavy atom. The lowest BCUT2D eigenvalue weighted by Gasteiger charge is -2.57. The first-order chi connectivity index (χ1) is 8.64. The Balaban J connectivity index is 1.97. The molecule has 2 aliphatic rings. The van der Waals surface area contributed by atoms with Gasteiger partial charge in [0, 0.05) is 24.2 Å². The van der Waals surface area contributed by atoms with Gasteiger partial charge < -0.3 is 5.32 Å². The van der Waals surface area contributed by atoms with Gasteiger partial charge in [-0.1, -0.05) is 20.8 Å². The van der Waals surface area contributed by atoms with Crippen molar-refractivity contribution in [3.63, 3.8) is 0 Å². The van der Waals surface area contributed by atoms with Gasteiger partial charge in [-0.2, -0.15) is 0 Å². The number of likely N-dealkylation sites (tertiary alicyclic amines) is 1. The maximum Gasteiger partial charge on any atom is 0.0210 e. The molecule has 0 aromatic rings. The molecule has 18 heavy (non-hydrogen) atoms. The van der Waals surface area contributed by atoms with Crippen molar-refractivity contribution in [3.8, 4) is 0 Å². The quantitative estimate of drug-likeness (QED) is 0.806. The summed E-state index contributed by atoms with van der Waals surface area (Å²) in [4.78, 5) is 2.85. The lowest BCUT2D eigenvalue weighted by atomic mass is 9.70. The maximum atomic E-state index is 3.75. The highest BCUT2D eigenvalue weighted by Gasteiger charge is 2.46. The van der Waals surface area contributed by atoms with E-state index in [2.05, 4.69) is 37.9 Å². The van der Waals surface area contributed by atoms with Crippen LogP contribution in [0, 0.1) is 5.92 Å². The summed E-state index contributed by atoms with van der Waals surface area (Å²) in [7, 11) is 0. The maximum absolute atomic E-state index is 3.75. The standard InChI is InChI=1S/C16H32N2/c1-5-11-17-15-8-12-18(14(4)13(15)3)16(6-2)9-7-10-16/h13-15,17H,5-12H2,1-4H3. The van der Waals surface area contributed by atoms with Crippen molar-refractivity contribution in [3.05, 3.63) is 0 Å². The summed E-state index contributed by atoms with van der Waals surface area (Å²) in [6, 6.07) is 1.48. The summed E-state index contributed by atoms with van der Waals surface area (Å²) < 4.78 is 0. The fraction of sp³-hybridized carbons (Fsp3) is 1.00. The van der Waals surface area contributed by atoms with Crippen molar-refractivity contribution in [2.45, 2.75) is 83.8 Å². The predicted molar refractivity (Wildman–Crippen MR) is 78.9 cm³/mol. The zero-order valence-corrected chi connectivity index (χ0v) is 12.8. The van der Waals surface area contributed by atoms with Crippen molar-refractivity contribution in [2.75, 3.05) is 13.1 Å². The molecule has 1 saturated heterocycles. The predicted octanol–water partition coefficient (Wildman–Crippen LogP) is 3.42. The van der Waals surface area contributed by atoms with Crippen LogP contribution < -0.4 is 5.32 Å². The minimum Gasteiger partial charge on any atom is -0.314 e. The molecule has 1 saturated carbocycles. The molecule has 0 amide bonds. The molecule has 0 aromatic heterocycles. The number of nitrogens with zero attached hydrogens (tertiary/aromatic N) is 1. The SMILES string of the molecule is CCCNC1CCN(C2(CC)CCC2)C(C)C1C. The van der Waals surface area contributed by atoms with Crippen molar-refractivity contribution >= 4 is 0 Å². The summed E-state index contributed by atoms with van der Waals surface area (Å²) in [6.45, 7) is 12.0. The summed E-state index contributed by atoms with van der Waals surface area (Å²) in [6.07, 6.45) is 8.26. The minimum atomic E-state index is 0.573. The summed E-state index contributed by atoms with van der Waals surface area (Å²) in [5.41, 5.74) is 0.573. The number of hydrogen-bond acceptors (Lipinski definition) is 2. The molecule has 2 rings (SSSR count). The van der Waals surface area contributed by atoms with Gasteiger partial charge >= 0.3 is 0 Å². The Morgan fingerprint density at radius 3 is 2.44 bits per heavy atom. The van der Waals surface area contributed by atoms with E-state index in [9.17, 15) is 0 Å². The zero-order valence-electron chi connectivity index (χ0n) is 12.8. The van der Waals surface area contributed by atoms with Crippen LogP contribution in [0.1, 0.15) is 66.2 Å². The molecule has 1 aliphatic carbocycles. The first kappa shape index (κ1) is 14.3. The van der Waals surface area contributed by atoms with E-state index in [1.165, 1.54) is 51.6 Å². The van der Waals surface area contributed by atoms with Crippen molar-refractivity contribution in [2.24, 2.45) is 5.92 Å². The van der Waals surface area contributed by atoms with Crippen molar-refractivity contribution < 1.29 is 0 Å². The van der Waals surface area contributed by atoms with Crippen molar-refractivity contribution in [1.82, 2.24) is 10.2 Å². The van der Waals surface area contributed by atoms with Gasteiger partial charge in [-0.05, 0) is 57.9 Å². The van der Waals surface area contributed by atoms with Crippen LogP contribution in [-0.2, 0) is 0 Å². The molecule has 2 heteroatoms. The average molecular weight is 252 g/mol. The number of piperidine rings is 1. The van der Waals surface area contributed by atoms with E-state index in [1.54, 1.807) is 0 Å². The Hall–Kier alpha value is -0.0800. The van der Waals surface area contributed by atoms with Crippen LogP contribution in [0.15, 0.2) is 0 Å². The largest absolute Gasteiger partial charge is 0.314 e. The average Bonchev–Trinajstić information content (AvgIpc) is 2.32. The van der Waals surface area contributed by atoms with Crippen LogP contribution in [0.5, 0.6) is 0 Å². The summed E-state index contributed by atoms with van der Waals surface area (Å²) in [5, 5.41) is 3.75. The van der Waals surface area contributed by atoms with Crippen LogP contribution in [0.2, 0.25) is 0 Å². The molecule has 1 heterocycles. The van der Waals surface area contributed by atoms with Gasteiger partial charge in [-0.15, -0.1) is 0 Å². The molecule has 1 N–H and O–H groups in total. The van der Waals surface area contributed by atoms with Crippen LogP contribution in [0.25, 0.3) is 0 Å². The second-order valence-electron chi connectivity index (χ2n) is 6.57. The van der Waals surface area contributed by atoms with E-state index in [4.69, 9.17) is 0 Å². The second kappa shape index (κ2) is 5.92. The van der Waals surface area contributed by atoms with Crippen LogP contribution in [0.4, 0.5) is 0 Å². The van der Waals surface area contributed by atoms with E-state index in [0.29, 0.717) is 5.54 Å². The molecule has 3 atom stereocenters. The highest BCUT2D eigenvalue weighted by atomic mass is 15.3. The molecular formula is C16H32N2. The van der Waals surface area contributed by atoms with Gasteiger partial charge in [0.2, 0.25) is 0 Å². The number of rotatable bonds is 5. The van der Waals surface area contributed by atoms with Gasteiger partial charge in [0.05, 0.1) is 0 Å². The van der Waals surface area contributed by atoms with Crippen molar-refractivity contribution in [1.29, 1.82) is 0 Å². The molecule has 0 radical (unpaired) electrons. The fourth-order valence-corrected chi connectivity index (χ4v) is 4.08. The first-order valence-electron chi connectivity index (χ1n) is 8.14. The Bertz CT molecular complexity index is 254. The Labute approximate surface area is 114 Å². The summed E-state index contributed by atoms with van der Waals surface area (Å²) in [5.74, 6) is 0.786. The number of nitrogens with one attached hydrogen (secondary N) is 1. The van der Waals surface area contributed by atoms with Crippen LogP contribution in [-0.4, -0.2) is 35.6 Å². The smallest absolute Gasteiger partial charge is 0.0210 e. The van der Waals surface area contributed by atoms with Gasteiger partial charge in [0.25, 0.3) is 0 Å². The third-order valence-corrected chi connectivity index (χ3v) is 5.78. The van der Waals surface area contributed by atoms with E-state index in [0.717, 1.165) is 18.0 Å². The lowest BCUT2D eigenvalue weighted by Crippen LogP contribution is -2.63. The van der Waals surface area contributed by atoms with Gasteiger partial charge in [0.15, 0.2) is 0 Å². The molecule has 2 fully saturated rings. The molecule has 2 nitrogen and oxygen atoms in total. The molecule has 1 aliphatic heterocycles. The minimum absolute atomic E-state index is 0.573. The highest BCUT2D eigenvalue weighted by Crippen LogP contribution is 2.44. The van der Waals surface area contributed by atoms with E-state index in [1.807, 2.05) is 0 Å². The first-order valence-corrected chi connectivity index (χ1v) is 8.14. The lowest BCUT2D eigenvalue weighted by molar-refractivity contribution is -0.0585. The van der Waals surface area contributed by atoms with E-state index >= 15 is 0 Å². The Morgan fingerprint density at radius 1 is 1.22 bits per heavy atom. The third-order valence-electron chi connectivity index (χ3n) is 5.78. The second-order valence-corrected chi connectivity index (χ2v) is 6.57. The molecule has 0 bridgehead atoms. The fourth-order valence-electron chi connectivity index (χ4n) is 4.08. The highest BCUT2D eigenvalue weighted by molar-refractivity contribution is 5.02. The monoisotopic (exact) mass is 252 g/mol. The van der Waals surface area contributed by atoms with E-state index in [-0.39, 0.29) is 0 Å². The zero-order chi connectivity index (χ0) is 13.2. The number of hydrogen-bond donors (Lipinski definition) is 1.